The average Bonchev–Trinajstić information content (AvgIpc) is 3.53. The van der Waals surface area contributed by atoms with Gasteiger partial charge in [0, 0.05) is 25.5 Å². The van der Waals surface area contributed by atoms with E-state index in [2.05, 4.69) is 17.4 Å². The third-order valence-electron chi connectivity index (χ3n) is 6.83. The second-order valence-electron chi connectivity index (χ2n) is 8.89. The zero-order valence-electron chi connectivity index (χ0n) is 18.4. The minimum Gasteiger partial charge on any atom is -0.480 e. The third kappa shape index (κ3) is 4.01. The SMILES string of the molecule is O=C(NC1CCOC1C(=O)N1C[C@H](O)C[C@@H]1C(=O)O)OCC1c2ccccc2-c2ccccc21. The summed E-state index contributed by atoms with van der Waals surface area (Å²) in [7, 11) is 0. The van der Waals surface area contributed by atoms with E-state index < -0.39 is 42.3 Å². The zero-order valence-corrected chi connectivity index (χ0v) is 18.4. The molecule has 2 amide bonds. The van der Waals surface area contributed by atoms with Crippen molar-refractivity contribution in [1.82, 2.24) is 10.2 Å². The van der Waals surface area contributed by atoms with Gasteiger partial charge in [0.15, 0.2) is 6.10 Å². The van der Waals surface area contributed by atoms with Crippen LogP contribution in [0.4, 0.5) is 4.79 Å². The summed E-state index contributed by atoms with van der Waals surface area (Å²) in [5.41, 5.74) is 4.45. The Labute approximate surface area is 196 Å². The predicted molar refractivity (Wildman–Crippen MR) is 120 cm³/mol. The Hall–Kier alpha value is -3.43. The highest BCUT2D eigenvalue weighted by Gasteiger charge is 2.45. The highest BCUT2D eigenvalue weighted by Crippen LogP contribution is 2.44. The molecule has 0 aromatic heterocycles. The van der Waals surface area contributed by atoms with E-state index in [1.165, 1.54) is 0 Å². The summed E-state index contributed by atoms with van der Waals surface area (Å²) in [5.74, 6) is -1.81. The summed E-state index contributed by atoms with van der Waals surface area (Å²) < 4.78 is 11.1. The Morgan fingerprint density at radius 2 is 1.71 bits per heavy atom. The number of hydrogen-bond donors (Lipinski definition) is 3. The number of carboxylic acid groups (broad SMARTS) is 1. The number of aliphatic hydroxyl groups is 1. The number of aliphatic carboxylic acids is 1. The van der Waals surface area contributed by atoms with E-state index >= 15 is 0 Å². The molecule has 9 heteroatoms. The third-order valence-corrected chi connectivity index (χ3v) is 6.83. The van der Waals surface area contributed by atoms with Crippen LogP contribution >= 0.6 is 0 Å². The molecule has 0 saturated carbocycles. The first-order valence-corrected chi connectivity index (χ1v) is 11.4. The molecule has 2 aromatic carbocycles. The van der Waals surface area contributed by atoms with Gasteiger partial charge >= 0.3 is 12.1 Å². The monoisotopic (exact) mass is 466 g/mol. The number of carboxylic acids is 1. The minimum atomic E-state index is -1.18. The molecule has 1 aliphatic carbocycles. The van der Waals surface area contributed by atoms with E-state index in [0.717, 1.165) is 27.2 Å². The van der Waals surface area contributed by atoms with Gasteiger partial charge in [-0.25, -0.2) is 9.59 Å². The molecular formula is C25H26N2O7. The van der Waals surface area contributed by atoms with Gasteiger partial charge in [0.2, 0.25) is 0 Å². The number of benzene rings is 2. The van der Waals surface area contributed by atoms with Crippen LogP contribution in [0.1, 0.15) is 29.9 Å². The van der Waals surface area contributed by atoms with Gasteiger partial charge in [-0.3, -0.25) is 4.79 Å². The second-order valence-corrected chi connectivity index (χ2v) is 8.89. The van der Waals surface area contributed by atoms with Crippen LogP contribution in [-0.4, -0.2) is 77.1 Å². The Kier molecular flexibility index (Phi) is 5.97. The van der Waals surface area contributed by atoms with Gasteiger partial charge in [-0.1, -0.05) is 48.5 Å². The lowest BCUT2D eigenvalue weighted by Crippen LogP contribution is -2.52. The maximum absolute atomic E-state index is 13.0. The number of nitrogens with one attached hydrogen (secondary N) is 1. The standard InChI is InChI=1S/C25H26N2O7/c28-14-11-21(24(30)31)27(12-14)23(29)22-20(9-10-33-22)26-25(32)34-13-19-17-7-3-1-5-15(17)16-6-2-4-8-18(16)19/h1-8,14,19-22,28H,9-13H2,(H,26,32)(H,30,31)/t14-,20?,21-,22?/m1/s1. The van der Waals surface area contributed by atoms with Crippen LogP contribution in [0.3, 0.4) is 0 Å². The van der Waals surface area contributed by atoms with E-state index in [9.17, 15) is 24.6 Å². The molecule has 3 N–H and O–H groups in total. The lowest BCUT2D eigenvalue weighted by atomic mass is 9.98. The molecule has 2 aliphatic heterocycles. The number of ether oxygens (including phenoxy) is 2. The van der Waals surface area contributed by atoms with Crippen LogP contribution < -0.4 is 5.32 Å². The second kappa shape index (κ2) is 9.08. The fourth-order valence-electron chi connectivity index (χ4n) is 5.23. The number of amides is 2. The maximum Gasteiger partial charge on any atom is 0.407 e. The van der Waals surface area contributed by atoms with E-state index in [1.54, 1.807) is 0 Å². The Morgan fingerprint density at radius 3 is 2.35 bits per heavy atom. The summed E-state index contributed by atoms with van der Waals surface area (Å²) in [6.45, 7) is 0.317. The highest BCUT2D eigenvalue weighted by molar-refractivity contribution is 5.88. The lowest BCUT2D eigenvalue weighted by molar-refractivity contribution is -0.152. The Morgan fingerprint density at radius 1 is 1.06 bits per heavy atom. The Bertz CT molecular complexity index is 1070. The van der Waals surface area contributed by atoms with E-state index in [-0.39, 0.29) is 32.1 Å². The van der Waals surface area contributed by atoms with E-state index in [1.807, 2.05) is 36.4 Å². The number of alkyl carbamates (subject to hydrolysis) is 1. The number of likely N-dealkylation sites (tertiary alicyclic amines) is 1. The highest BCUT2D eigenvalue weighted by atomic mass is 16.6. The molecule has 2 heterocycles. The van der Waals surface area contributed by atoms with Crippen molar-refractivity contribution in [1.29, 1.82) is 0 Å². The molecule has 2 aromatic rings. The molecule has 2 saturated heterocycles. The molecule has 2 unspecified atom stereocenters. The number of aliphatic hydroxyl groups excluding tert-OH is 1. The average molecular weight is 466 g/mol. The molecule has 0 radical (unpaired) electrons. The number of fused-ring (bicyclic) bond motifs is 3. The normalized spacial score (nSPS) is 25.6. The largest absolute Gasteiger partial charge is 0.480 e. The summed E-state index contributed by atoms with van der Waals surface area (Å²) in [6, 6.07) is 14.3. The van der Waals surface area contributed by atoms with Crippen LogP contribution in [0.2, 0.25) is 0 Å². The topological polar surface area (TPSA) is 125 Å². The summed E-state index contributed by atoms with van der Waals surface area (Å²) in [6.07, 6.45) is -2.22. The fourth-order valence-corrected chi connectivity index (χ4v) is 5.23. The molecule has 4 atom stereocenters. The molecule has 178 valence electrons. The van der Waals surface area contributed by atoms with Gasteiger partial charge in [0.05, 0.1) is 12.1 Å². The molecule has 34 heavy (non-hydrogen) atoms. The molecule has 9 nitrogen and oxygen atoms in total. The van der Waals surface area contributed by atoms with Crippen molar-refractivity contribution >= 4 is 18.0 Å². The predicted octanol–water partition coefficient (Wildman–Crippen LogP) is 1.73. The number of rotatable bonds is 5. The van der Waals surface area contributed by atoms with Gasteiger partial charge in [-0.05, 0) is 28.7 Å². The van der Waals surface area contributed by atoms with Crippen molar-refractivity contribution in [2.45, 2.75) is 43.1 Å². The van der Waals surface area contributed by atoms with Crippen LogP contribution in [0.5, 0.6) is 0 Å². The maximum atomic E-state index is 13.0. The van der Waals surface area contributed by atoms with Crippen molar-refractivity contribution in [3.05, 3.63) is 59.7 Å². The molecule has 2 fully saturated rings. The smallest absolute Gasteiger partial charge is 0.407 e. The van der Waals surface area contributed by atoms with Crippen LogP contribution in [0, 0.1) is 0 Å². The van der Waals surface area contributed by atoms with Crippen molar-refractivity contribution < 1.29 is 34.1 Å². The Balaban J connectivity index is 1.23. The molecule has 3 aliphatic rings. The van der Waals surface area contributed by atoms with E-state index in [0.29, 0.717) is 6.42 Å². The van der Waals surface area contributed by atoms with Crippen molar-refractivity contribution in [3.63, 3.8) is 0 Å². The number of β-amino-alcohol motifs (C(OH)–C–C–N with tert-alkyl or cyclic N) is 1. The molecule has 5 rings (SSSR count). The first kappa shape index (κ1) is 22.4. The van der Waals surface area contributed by atoms with Gasteiger partial charge in [-0.15, -0.1) is 0 Å². The summed E-state index contributed by atoms with van der Waals surface area (Å²) in [4.78, 5) is 38.2. The zero-order chi connectivity index (χ0) is 23.8. The fraction of sp³-hybridized carbons (Fsp3) is 0.400. The van der Waals surface area contributed by atoms with Gasteiger partial charge in [0.1, 0.15) is 12.6 Å². The van der Waals surface area contributed by atoms with Crippen LogP contribution in [-0.2, 0) is 19.1 Å². The number of hydrogen-bond acceptors (Lipinski definition) is 6. The van der Waals surface area contributed by atoms with Crippen LogP contribution in [0.15, 0.2) is 48.5 Å². The number of nitrogens with zero attached hydrogens (tertiary/aromatic N) is 1. The molecule has 0 bridgehead atoms. The first-order chi connectivity index (χ1) is 16.4. The first-order valence-electron chi connectivity index (χ1n) is 11.4. The van der Waals surface area contributed by atoms with Crippen LogP contribution in [0.25, 0.3) is 11.1 Å². The quantitative estimate of drug-likeness (QED) is 0.613. The summed E-state index contributed by atoms with van der Waals surface area (Å²) >= 11 is 0. The summed E-state index contributed by atoms with van der Waals surface area (Å²) in [5, 5.41) is 21.9. The van der Waals surface area contributed by atoms with Crippen molar-refractivity contribution in [3.8, 4) is 11.1 Å². The number of carbonyl (C=O) groups is 3. The van der Waals surface area contributed by atoms with Gasteiger partial charge in [0.25, 0.3) is 5.91 Å². The van der Waals surface area contributed by atoms with Gasteiger partial charge in [-0.2, -0.15) is 0 Å². The minimum absolute atomic E-state index is 0.0295. The number of carbonyl (C=O) groups excluding carboxylic acids is 2. The van der Waals surface area contributed by atoms with Crippen molar-refractivity contribution in [2.75, 3.05) is 19.8 Å². The molecule has 0 spiro atoms. The van der Waals surface area contributed by atoms with Crippen molar-refractivity contribution in [2.24, 2.45) is 0 Å². The lowest BCUT2D eigenvalue weighted by Gasteiger charge is -2.27. The van der Waals surface area contributed by atoms with Gasteiger partial charge < -0.3 is 29.9 Å². The molecular weight excluding hydrogens is 440 g/mol. The van der Waals surface area contributed by atoms with E-state index in [4.69, 9.17) is 9.47 Å².